The van der Waals surface area contributed by atoms with Crippen LogP contribution in [0.1, 0.15) is 36.0 Å². The third-order valence-electron chi connectivity index (χ3n) is 5.88. The molecule has 0 aromatic heterocycles. The number of amides is 2. The Labute approximate surface area is 179 Å². The summed E-state index contributed by atoms with van der Waals surface area (Å²) in [6, 6.07) is 14.0. The van der Waals surface area contributed by atoms with Gasteiger partial charge in [-0.1, -0.05) is 24.3 Å². The second kappa shape index (κ2) is 8.76. The van der Waals surface area contributed by atoms with Crippen molar-refractivity contribution >= 4 is 23.6 Å². The van der Waals surface area contributed by atoms with E-state index in [1.807, 2.05) is 47.0 Å². The molecular formula is C23H24F2N2O2S. The maximum Gasteiger partial charge on any atom is 0.253 e. The molecular weight excluding hydrogens is 406 g/mol. The first-order valence-corrected chi connectivity index (χ1v) is 11.1. The van der Waals surface area contributed by atoms with E-state index in [1.54, 1.807) is 0 Å². The van der Waals surface area contributed by atoms with Crippen molar-refractivity contribution < 1.29 is 18.4 Å². The minimum absolute atomic E-state index is 0.0893. The lowest BCUT2D eigenvalue weighted by atomic mass is 9.93. The number of benzene rings is 2. The highest BCUT2D eigenvalue weighted by Gasteiger charge is 2.54. The minimum Gasteiger partial charge on any atom is -0.339 e. The minimum atomic E-state index is -0.537. The van der Waals surface area contributed by atoms with E-state index in [1.165, 1.54) is 18.2 Å². The molecule has 0 bridgehead atoms. The maximum atomic E-state index is 12.7. The number of likely N-dealkylation sites (tertiary alicyclic amines) is 1. The number of carbonyl (C=O) groups excluding carboxylic acids is 2. The molecule has 0 saturated carbocycles. The van der Waals surface area contributed by atoms with Gasteiger partial charge in [0, 0.05) is 31.3 Å². The summed E-state index contributed by atoms with van der Waals surface area (Å²) in [5, 5.41) is 0.392. The molecule has 3 aliphatic heterocycles. The monoisotopic (exact) mass is 430 g/mol. The number of rotatable bonds is 1. The molecule has 158 valence electrons. The van der Waals surface area contributed by atoms with Gasteiger partial charge in [-0.25, -0.2) is 8.78 Å². The van der Waals surface area contributed by atoms with Gasteiger partial charge >= 0.3 is 0 Å². The highest BCUT2D eigenvalue weighted by atomic mass is 32.2. The van der Waals surface area contributed by atoms with Crippen molar-refractivity contribution in [2.24, 2.45) is 0 Å². The number of thioether (sulfide) groups is 1. The van der Waals surface area contributed by atoms with Crippen molar-refractivity contribution in [2.45, 2.75) is 35.8 Å². The van der Waals surface area contributed by atoms with Crippen LogP contribution in [-0.2, 0) is 4.79 Å². The molecule has 1 spiro atoms. The zero-order chi connectivity index (χ0) is 21.1. The van der Waals surface area contributed by atoms with Crippen LogP contribution >= 0.6 is 11.8 Å². The summed E-state index contributed by atoms with van der Waals surface area (Å²) in [5.41, 5.74) is 0.740. The summed E-state index contributed by atoms with van der Waals surface area (Å²) < 4.78 is 23.6. The summed E-state index contributed by atoms with van der Waals surface area (Å²) in [6.07, 6.45) is 3.85. The van der Waals surface area contributed by atoms with Gasteiger partial charge < -0.3 is 9.80 Å². The van der Waals surface area contributed by atoms with Crippen molar-refractivity contribution in [1.82, 2.24) is 9.80 Å². The second-order valence-corrected chi connectivity index (χ2v) is 9.37. The first kappa shape index (κ1) is 20.8. The molecule has 2 aromatic rings. The van der Waals surface area contributed by atoms with E-state index in [9.17, 15) is 18.4 Å². The normalized spacial score (nSPS) is 21.9. The zero-order valence-electron chi connectivity index (χ0n) is 16.6. The summed E-state index contributed by atoms with van der Waals surface area (Å²) in [4.78, 5) is 29.2. The molecule has 1 unspecified atom stereocenters. The van der Waals surface area contributed by atoms with Crippen molar-refractivity contribution in [3.8, 4) is 0 Å². The van der Waals surface area contributed by atoms with Gasteiger partial charge in [0.15, 0.2) is 0 Å². The third kappa shape index (κ3) is 4.21. The fourth-order valence-electron chi connectivity index (χ4n) is 4.29. The van der Waals surface area contributed by atoms with Gasteiger partial charge in [0.05, 0.1) is 5.37 Å². The lowest BCUT2D eigenvalue weighted by molar-refractivity contribution is -0.132. The number of hydrogen-bond donors (Lipinski definition) is 0. The predicted molar refractivity (Wildman–Crippen MR) is 113 cm³/mol. The number of piperidine rings is 1. The van der Waals surface area contributed by atoms with E-state index >= 15 is 0 Å². The number of carbonyl (C=O) groups is 2. The molecule has 1 atom stereocenters. The number of hydrogen-bond acceptors (Lipinski definition) is 3. The molecule has 0 radical (unpaired) electrons. The Morgan fingerprint density at radius 1 is 0.967 bits per heavy atom. The molecule has 5 rings (SSSR count). The quantitative estimate of drug-likeness (QED) is 0.677. The second-order valence-electron chi connectivity index (χ2n) is 7.81. The van der Waals surface area contributed by atoms with Crippen LogP contribution < -0.4 is 0 Å². The molecule has 0 aliphatic carbocycles. The first-order chi connectivity index (χ1) is 14.5. The standard InChI is InChI=1S/C17H20N2O2S.C6H4F2/c20-15(13-5-2-1-3-6-13)18-11-8-17(9-12-18)16(21)19-10-4-7-14(19)22-17;7-5-2-1-3-6(8)4-5/h1-3,5-6,14H,4,7-12H2;1-4H. The predicted octanol–water partition coefficient (Wildman–Crippen LogP) is 4.32. The Morgan fingerprint density at radius 3 is 2.20 bits per heavy atom. The van der Waals surface area contributed by atoms with Crippen LogP contribution in [0.15, 0.2) is 54.6 Å². The summed E-state index contributed by atoms with van der Waals surface area (Å²) >= 11 is 1.86. The first-order valence-electron chi connectivity index (χ1n) is 10.2. The van der Waals surface area contributed by atoms with Crippen molar-refractivity contribution in [3.63, 3.8) is 0 Å². The van der Waals surface area contributed by atoms with Crippen LogP contribution in [0.25, 0.3) is 0 Å². The van der Waals surface area contributed by atoms with Crippen molar-refractivity contribution in [3.05, 3.63) is 71.8 Å². The fraction of sp³-hybridized carbons (Fsp3) is 0.391. The van der Waals surface area contributed by atoms with Crippen molar-refractivity contribution in [2.75, 3.05) is 19.6 Å². The van der Waals surface area contributed by atoms with Gasteiger partial charge in [0.2, 0.25) is 5.91 Å². The van der Waals surface area contributed by atoms with E-state index in [0.29, 0.717) is 24.4 Å². The van der Waals surface area contributed by atoms with Gasteiger partial charge in [-0.3, -0.25) is 9.59 Å². The van der Waals surface area contributed by atoms with E-state index < -0.39 is 11.6 Å². The molecule has 3 fully saturated rings. The number of nitrogens with zero attached hydrogens (tertiary/aromatic N) is 2. The van der Waals surface area contributed by atoms with Gasteiger partial charge in [-0.2, -0.15) is 0 Å². The van der Waals surface area contributed by atoms with E-state index in [0.717, 1.165) is 43.9 Å². The lowest BCUT2D eigenvalue weighted by Gasteiger charge is -2.37. The SMILES string of the molecule is Fc1cccc(F)c1.O=C(c1ccccc1)N1CCC2(CC1)SC1CCCN1C2=O. The van der Waals surface area contributed by atoms with E-state index in [4.69, 9.17) is 0 Å². The average molecular weight is 431 g/mol. The average Bonchev–Trinajstić information content (AvgIpc) is 3.30. The van der Waals surface area contributed by atoms with E-state index in [-0.39, 0.29) is 10.7 Å². The molecule has 3 heterocycles. The van der Waals surface area contributed by atoms with Gasteiger partial charge in [-0.05, 0) is 49.9 Å². The van der Waals surface area contributed by atoms with Gasteiger partial charge in [0.1, 0.15) is 16.4 Å². The largest absolute Gasteiger partial charge is 0.339 e. The van der Waals surface area contributed by atoms with Crippen LogP contribution in [0.3, 0.4) is 0 Å². The Kier molecular flexibility index (Phi) is 6.09. The topological polar surface area (TPSA) is 40.6 Å². The molecule has 30 heavy (non-hydrogen) atoms. The van der Waals surface area contributed by atoms with Crippen molar-refractivity contribution in [1.29, 1.82) is 0 Å². The summed E-state index contributed by atoms with van der Waals surface area (Å²) in [6.45, 7) is 2.30. The molecule has 7 heteroatoms. The zero-order valence-corrected chi connectivity index (χ0v) is 17.4. The molecule has 2 amide bonds. The smallest absolute Gasteiger partial charge is 0.253 e. The Morgan fingerprint density at radius 2 is 1.63 bits per heavy atom. The summed E-state index contributed by atoms with van der Waals surface area (Å²) in [5.74, 6) is -0.659. The molecule has 0 N–H and O–H groups in total. The Balaban J connectivity index is 0.000000230. The van der Waals surface area contributed by atoms with E-state index in [2.05, 4.69) is 4.90 Å². The van der Waals surface area contributed by atoms with Crippen LogP contribution in [0.2, 0.25) is 0 Å². The van der Waals surface area contributed by atoms with Gasteiger partial charge in [0.25, 0.3) is 5.91 Å². The molecule has 3 aliphatic rings. The highest BCUT2D eigenvalue weighted by Crippen LogP contribution is 2.50. The fourth-order valence-corrected chi connectivity index (χ4v) is 6.06. The maximum absolute atomic E-state index is 12.7. The Bertz CT molecular complexity index is 899. The number of fused-ring (bicyclic) bond motifs is 1. The molecule has 3 saturated heterocycles. The lowest BCUT2D eigenvalue weighted by Crippen LogP contribution is -2.49. The van der Waals surface area contributed by atoms with Crippen LogP contribution in [0, 0.1) is 11.6 Å². The van der Waals surface area contributed by atoms with Crippen LogP contribution in [0.5, 0.6) is 0 Å². The van der Waals surface area contributed by atoms with Gasteiger partial charge in [-0.15, -0.1) is 11.8 Å². The Hall–Kier alpha value is -2.41. The highest BCUT2D eigenvalue weighted by molar-refractivity contribution is 8.02. The third-order valence-corrected chi connectivity index (χ3v) is 7.67. The molecule has 2 aromatic carbocycles. The molecule has 4 nitrogen and oxygen atoms in total. The van der Waals surface area contributed by atoms with Crippen LogP contribution in [0.4, 0.5) is 8.78 Å². The summed E-state index contributed by atoms with van der Waals surface area (Å²) in [7, 11) is 0. The van der Waals surface area contributed by atoms with Crippen LogP contribution in [-0.4, -0.2) is 51.4 Å². The number of halogens is 2.